The van der Waals surface area contributed by atoms with Crippen molar-refractivity contribution in [1.82, 2.24) is 14.9 Å². The molecule has 2 aromatic heterocycles. The first kappa shape index (κ1) is 16.3. The summed E-state index contributed by atoms with van der Waals surface area (Å²) >= 11 is 3.41. The summed E-state index contributed by atoms with van der Waals surface area (Å²) in [5, 5.41) is 9.83. The Bertz CT molecular complexity index is 1100. The van der Waals surface area contributed by atoms with E-state index in [2.05, 4.69) is 25.9 Å². The maximum absolute atomic E-state index is 12.9. The van der Waals surface area contributed by atoms with Crippen LogP contribution < -0.4 is 0 Å². The van der Waals surface area contributed by atoms with Crippen molar-refractivity contribution in [2.24, 2.45) is 0 Å². The Hall–Kier alpha value is -3.13. The summed E-state index contributed by atoms with van der Waals surface area (Å²) in [4.78, 5) is 43.6. The minimum Gasteiger partial charge on any atom is -0.480 e. The largest absolute Gasteiger partial charge is 0.480 e. The second-order valence-electron chi connectivity index (χ2n) is 5.82. The van der Waals surface area contributed by atoms with Crippen molar-refractivity contribution in [2.75, 3.05) is 6.54 Å². The van der Waals surface area contributed by atoms with Crippen LogP contribution in [-0.2, 0) is 14.4 Å². The topological polar surface area (TPSA) is 106 Å². The number of carboxylic acids is 1. The van der Waals surface area contributed by atoms with Gasteiger partial charge in [-0.25, -0.2) is 0 Å². The molecule has 1 aromatic carbocycles. The zero-order chi connectivity index (χ0) is 18.4. The number of carboxylic acid groups (broad SMARTS) is 1. The summed E-state index contributed by atoms with van der Waals surface area (Å²) in [5.41, 5.74) is 2.18. The summed E-state index contributed by atoms with van der Waals surface area (Å²) in [6.45, 7) is -0.683. The van der Waals surface area contributed by atoms with E-state index in [0.717, 1.165) is 20.3 Å². The number of nitrogens with zero attached hydrogens (tertiary/aromatic N) is 1. The highest BCUT2D eigenvalue weighted by Gasteiger charge is 2.41. The number of carbonyl (C=O) groups is 3. The van der Waals surface area contributed by atoms with E-state index in [-0.39, 0.29) is 11.1 Å². The van der Waals surface area contributed by atoms with Gasteiger partial charge >= 0.3 is 5.97 Å². The molecular formula is C18H12BrN3O4. The Morgan fingerprint density at radius 3 is 2.58 bits per heavy atom. The molecule has 8 heteroatoms. The van der Waals surface area contributed by atoms with Gasteiger partial charge in [-0.15, -0.1) is 0 Å². The Kier molecular flexibility index (Phi) is 3.77. The van der Waals surface area contributed by atoms with Crippen LogP contribution in [0.1, 0.15) is 11.3 Å². The van der Waals surface area contributed by atoms with E-state index in [0.29, 0.717) is 11.3 Å². The Morgan fingerprint density at radius 1 is 1.12 bits per heavy atom. The highest BCUT2D eigenvalue weighted by atomic mass is 79.9. The Labute approximate surface area is 155 Å². The van der Waals surface area contributed by atoms with Gasteiger partial charge in [-0.3, -0.25) is 19.3 Å². The SMILES string of the molecule is O=C(O)CN1C(=O)C(c2ccc[nH]2)=C(c2c[nH]c3ccc(Br)cc23)C1=O. The van der Waals surface area contributed by atoms with Crippen molar-refractivity contribution in [1.29, 1.82) is 0 Å². The molecule has 1 aliphatic heterocycles. The lowest BCUT2D eigenvalue weighted by atomic mass is 9.99. The summed E-state index contributed by atoms with van der Waals surface area (Å²) < 4.78 is 0.826. The molecule has 2 amide bonds. The van der Waals surface area contributed by atoms with Gasteiger partial charge in [0.25, 0.3) is 11.8 Å². The molecule has 4 rings (SSSR count). The number of H-pyrrole nitrogens is 2. The molecule has 130 valence electrons. The number of aromatic nitrogens is 2. The minimum atomic E-state index is -1.25. The molecule has 26 heavy (non-hydrogen) atoms. The number of halogens is 1. The summed E-state index contributed by atoms with van der Waals surface area (Å²) in [6.07, 6.45) is 3.30. The molecule has 0 fully saturated rings. The maximum atomic E-state index is 12.9. The highest BCUT2D eigenvalue weighted by Crippen LogP contribution is 2.38. The van der Waals surface area contributed by atoms with Gasteiger partial charge in [-0.2, -0.15) is 0 Å². The number of hydrogen-bond donors (Lipinski definition) is 3. The van der Waals surface area contributed by atoms with E-state index in [9.17, 15) is 14.4 Å². The smallest absolute Gasteiger partial charge is 0.323 e. The molecule has 0 spiro atoms. The van der Waals surface area contributed by atoms with Crippen molar-refractivity contribution >= 4 is 55.8 Å². The number of carbonyl (C=O) groups excluding carboxylic acids is 2. The second kappa shape index (κ2) is 5.99. The predicted molar refractivity (Wildman–Crippen MR) is 98.0 cm³/mol. The first-order valence-electron chi connectivity index (χ1n) is 7.70. The van der Waals surface area contributed by atoms with Crippen LogP contribution in [0, 0.1) is 0 Å². The van der Waals surface area contributed by atoms with Gasteiger partial charge in [-0.1, -0.05) is 15.9 Å². The average Bonchev–Trinajstić information content (AvgIpc) is 3.29. The van der Waals surface area contributed by atoms with E-state index in [4.69, 9.17) is 5.11 Å². The van der Waals surface area contributed by atoms with E-state index >= 15 is 0 Å². The fraction of sp³-hybridized carbons (Fsp3) is 0.0556. The molecule has 7 nitrogen and oxygen atoms in total. The number of amides is 2. The highest BCUT2D eigenvalue weighted by molar-refractivity contribution is 9.10. The van der Waals surface area contributed by atoms with Crippen LogP contribution >= 0.6 is 15.9 Å². The van der Waals surface area contributed by atoms with Crippen LogP contribution in [0.25, 0.3) is 22.0 Å². The molecule has 0 saturated carbocycles. The lowest BCUT2D eigenvalue weighted by Gasteiger charge is -2.11. The molecule has 0 radical (unpaired) electrons. The molecule has 0 aliphatic carbocycles. The van der Waals surface area contributed by atoms with Crippen molar-refractivity contribution < 1.29 is 19.5 Å². The lowest BCUT2D eigenvalue weighted by molar-refractivity contribution is -0.147. The van der Waals surface area contributed by atoms with Crippen LogP contribution in [-0.4, -0.2) is 44.3 Å². The molecule has 0 bridgehead atoms. The third-order valence-electron chi connectivity index (χ3n) is 4.24. The van der Waals surface area contributed by atoms with Crippen molar-refractivity contribution in [3.05, 3.63) is 58.5 Å². The van der Waals surface area contributed by atoms with Crippen LogP contribution in [0.3, 0.4) is 0 Å². The number of benzene rings is 1. The summed E-state index contributed by atoms with van der Waals surface area (Å²) in [7, 11) is 0. The van der Waals surface area contributed by atoms with Crippen LogP contribution in [0.15, 0.2) is 47.2 Å². The van der Waals surface area contributed by atoms with E-state index in [1.165, 1.54) is 0 Å². The predicted octanol–water partition coefficient (Wildman–Crippen LogP) is 2.62. The van der Waals surface area contributed by atoms with Gasteiger partial charge in [0.2, 0.25) is 0 Å². The summed E-state index contributed by atoms with van der Waals surface area (Å²) in [6, 6.07) is 8.95. The average molecular weight is 414 g/mol. The van der Waals surface area contributed by atoms with Crippen molar-refractivity contribution in [3.63, 3.8) is 0 Å². The molecule has 0 atom stereocenters. The minimum absolute atomic E-state index is 0.169. The monoisotopic (exact) mass is 413 g/mol. The van der Waals surface area contributed by atoms with Gasteiger partial charge < -0.3 is 15.1 Å². The zero-order valence-corrected chi connectivity index (χ0v) is 14.8. The standard InChI is InChI=1S/C18H12BrN3O4/c19-9-3-4-12-10(6-9)11(7-21-12)15-16(13-2-1-5-20-13)18(26)22(17(15)25)8-14(23)24/h1-7,20-21H,8H2,(H,23,24). The molecule has 1 aliphatic rings. The maximum Gasteiger partial charge on any atom is 0.323 e. The van der Waals surface area contributed by atoms with Gasteiger partial charge in [-0.05, 0) is 30.3 Å². The lowest BCUT2D eigenvalue weighted by Crippen LogP contribution is -2.36. The number of hydrogen-bond acceptors (Lipinski definition) is 3. The van der Waals surface area contributed by atoms with Crippen LogP contribution in [0.4, 0.5) is 0 Å². The molecule has 3 heterocycles. The third kappa shape index (κ3) is 2.46. The Balaban J connectivity index is 1.97. The van der Waals surface area contributed by atoms with E-state index in [1.54, 1.807) is 24.5 Å². The van der Waals surface area contributed by atoms with Gasteiger partial charge in [0.15, 0.2) is 0 Å². The van der Waals surface area contributed by atoms with E-state index in [1.807, 2.05) is 18.2 Å². The third-order valence-corrected chi connectivity index (χ3v) is 4.74. The number of fused-ring (bicyclic) bond motifs is 1. The zero-order valence-electron chi connectivity index (χ0n) is 13.2. The quantitative estimate of drug-likeness (QED) is 0.571. The number of nitrogens with one attached hydrogen (secondary N) is 2. The van der Waals surface area contributed by atoms with Crippen LogP contribution in [0.2, 0.25) is 0 Å². The van der Waals surface area contributed by atoms with Crippen LogP contribution in [0.5, 0.6) is 0 Å². The van der Waals surface area contributed by atoms with Gasteiger partial charge in [0, 0.05) is 33.3 Å². The first-order chi connectivity index (χ1) is 12.5. The summed E-state index contributed by atoms with van der Waals surface area (Å²) in [5.74, 6) is -2.50. The van der Waals surface area contributed by atoms with E-state index < -0.39 is 24.3 Å². The van der Waals surface area contributed by atoms with Gasteiger partial charge in [0.05, 0.1) is 16.8 Å². The number of aliphatic carboxylic acids is 1. The van der Waals surface area contributed by atoms with Crippen molar-refractivity contribution in [2.45, 2.75) is 0 Å². The molecular weight excluding hydrogens is 402 g/mol. The Morgan fingerprint density at radius 2 is 1.88 bits per heavy atom. The fourth-order valence-electron chi connectivity index (χ4n) is 3.14. The number of rotatable bonds is 4. The molecule has 0 saturated heterocycles. The molecule has 3 N–H and O–H groups in total. The first-order valence-corrected chi connectivity index (χ1v) is 8.49. The molecule has 3 aromatic rings. The molecule has 0 unspecified atom stereocenters. The number of imide groups is 1. The van der Waals surface area contributed by atoms with Gasteiger partial charge in [0.1, 0.15) is 6.54 Å². The second-order valence-corrected chi connectivity index (χ2v) is 6.73. The van der Waals surface area contributed by atoms with Crippen molar-refractivity contribution in [3.8, 4) is 0 Å². The normalized spacial score (nSPS) is 14.7. The fourth-order valence-corrected chi connectivity index (χ4v) is 3.50. The number of aromatic amines is 2.